The minimum Gasteiger partial charge on any atom is -0.337 e. The van der Waals surface area contributed by atoms with Gasteiger partial charge in [-0.1, -0.05) is 54.6 Å². The van der Waals surface area contributed by atoms with Gasteiger partial charge in [0, 0.05) is 19.6 Å². The average molecular weight is 317 g/mol. The normalized spacial score (nSPS) is 14.7. The number of carbonyl (C=O) groups is 1. The number of nitrogens with two attached hydrogens (primary N) is 1. The van der Waals surface area contributed by atoms with Gasteiger partial charge in [-0.2, -0.15) is 0 Å². The SMILES string of the molecule is Cl.NCC(C(=O)N1CCc2ccccc2C1)c1ccccc1. The quantitative estimate of drug-likeness (QED) is 0.946. The predicted molar refractivity (Wildman–Crippen MR) is 91.0 cm³/mol. The standard InChI is InChI=1S/C18H20N2O.ClH/c19-12-17(15-7-2-1-3-8-15)18(21)20-11-10-14-6-4-5-9-16(14)13-20;/h1-9,17H,10-13,19H2;1H. The summed E-state index contributed by atoms with van der Waals surface area (Å²) < 4.78 is 0. The molecule has 22 heavy (non-hydrogen) atoms. The van der Waals surface area contributed by atoms with Gasteiger partial charge in [-0.05, 0) is 23.1 Å². The largest absolute Gasteiger partial charge is 0.337 e. The van der Waals surface area contributed by atoms with Gasteiger partial charge in [-0.3, -0.25) is 4.79 Å². The Morgan fingerprint density at radius 1 is 1.05 bits per heavy atom. The van der Waals surface area contributed by atoms with Crippen molar-refractivity contribution in [1.29, 1.82) is 0 Å². The average Bonchev–Trinajstić information content (AvgIpc) is 2.56. The summed E-state index contributed by atoms with van der Waals surface area (Å²) in [6, 6.07) is 18.2. The number of benzene rings is 2. The van der Waals surface area contributed by atoms with Gasteiger partial charge >= 0.3 is 0 Å². The van der Waals surface area contributed by atoms with Crippen LogP contribution < -0.4 is 5.73 Å². The first-order valence-electron chi connectivity index (χ1n) is 7.40. The molecule has 1 unspecified atom stereocenters. The summed E-state index contributed by atoms with van der Waals surface area (Å²) in [6.07, 6.45) is 0.925. The van der Waals surface area contributed by atoms with E-state index < -0.39 is 0 Å². The molecular weight excluding hydrogens is 296 g/mol. The molecule has 1 aliphatic rings. The minimum absolute atomic E-state index is 0. The molecule has 2 N–H and O–H groups in total. The maximum absolute atomic E-state index is 12.8. The molecular formula is C18H21ClN2O. The zero-order chi connectivity index (χ0) is 14.7. The Kier molecular flexibility index (Phi) is 5.58. The van der Waals surface area contributed by atoms with Crippen molar-refractivity contribution in [2.24, 2.45) is 5.73 Å². The molecule has 0 aromatic heterocycles. The second kappa shape index (κ2) is 7.43. The highest BCUT2D eigenvalue weighted by Gasteiger charge is 2.27. The van der Waals surface area contributed by atoms with E-state index in [9.17, 15) is 4.79 Å². The monoisotopic (exact) mass is 316 g/mol. The first-order chi connectivity index (χ1) is 10.3. The molecule has 0 radical (unpaired) electrons. The van der Waals surface area contributed by atoms with E-state index in [2.05, 4.69) is 18.2 Å². The van der Waals surface area contributed by atoms with Gasteiger partial charge in [0.15, 0.2) is 0 Å². The number of hydrogen-bond acceptors (Lipinski definition) is 2. The summed E-state index contributed by atoms with van der Waals surface area (Å²) in [5.74, 6) is -0.102. The van der Waals surface area contributed by atoms with Crippen molar-refractivity contribution in [1.82, 2.24) is 4.90 Å². The summed E-state index contributed by atoms with van der Waals surface area (Å²) >= 11 is 0. The smallest absolute Gasteiger partial charge is 0.231 e. The lowest BCUT2D eigenvalue weighted by molar-refractivity contribution is -0.133. The van der Waals surface area contributed by atoms with E-state index >= 15 is 0 Å². The molecule has 2 aromatic carbocycles. The van der Waals surface area contributed by atoms with Crippen LogP contribution in [0.3, 0.4) is 0 Å². The van der Waals surface area contributed by atoms with Crippen LogP contribution in [-0.4, -0.2) is 23.9 Å². The number of halogens is 1. The summed E-state index contributed by atoms with van der Waals surface area (Å²) in [6.45, 7) is 1.82. The van der Waals surface area contributed by atoms with Crippen LogP contribution >= 0.6 is 12.4 Å². The van der Waals surface area contributed by atoms with Crippen LogP contribution in [0.5, 0.6) is 0 Å². The maximum Gasteiger partial charge on any atom is 0.231 e. The highest BCUT2D eigenvalue weighted by Crippen LogP contribution is 2.23. The van der Waals surface area contributed by atoms with Gasteiger partial charge < -0.3 is 10.6 Å². The first-order valence-corrected chi connectivity index (χ1v) is 7.40. The third-order valence-corrected chi connectivity index (χ3v) is 4.18. The van der Waals surface area contributed by atoms with E-state index in [-0.39, 0.29) is 24.2 Å². The van der Waals surface area contributed by atoms with Crippen LogP contribution in [0.15, 0.2) is 54.6 Å². The topological polar surface area (TPSA) is 46.3 Å². The highest BCUT2D eigenvalue weighted by molar-refractivity contribution is 5.85. The number of carbonyl (C=O) groups excluding carboxylic acids is 1. The van der Waals surface area contributed by atoms with Crippen LogP contribution in [0, 0.1) is 0 Å². The lowest BCUT2D eigenvalue weighted by atomic mass is 9.94. The maximum atomic E-state index is 12.8. The van der Waals surface area contributed by atoms with Gasteiger partial charge in [0.1, 0.15) is 0 Å². The molecule has 0 saturated carbocycles. The lowest BCUT2D eigenvalue weighted by Crippen LogP contribution is -2.41. The van der Waals surface area contributed by atoms with E-state index in [4.69, 9.17) is 5.73 Å². The Labute approximate surface area is 137 Å². The van der Waals surface area contributed by atoms with Gasteiger partial charge in [-0.25, -0.2) is 0 Å². The summed E-state index contributed by atoms with van der Waals surface area (Å²) in [4.78, 5) is 14.7. The fourth-order valence-corrected chi connectivity index (χ4v) is 2.97. The number of amides is 1. The molecule has 0 bridgehead atoms. The highest BCUT2D eigenvalue weighted by atomic mass is 35.5. The number of rotatable bonds is 3. The fourth-order valence-electron chi connectivity index (χ4n) is 2.97. The zero-order valence-corrected chi connectivity index (χ0v) is 13.3. The van der Waals surface area contributed by atoms with Crippen LogP contribution in [0.4, 0.5) is 0 Å². The Morgan fingerprint density at radius 3 is 2.36 bits per heavy atom. The van der Waals surface area contributed by atoms with Crippen LogP contribution in [-0.2, 0) is 17.8 Å². The predicted octanol–water partition coefficient (Wildman–Crippen LogP) is 2.74. The Balaban J connectivity index is 0.00000176. The lowest BCUT2D eigenvalue weighted by Gasteiger charge is -2.31. The van der Waals surface area contributed by atoms with Crippen LogP contribution in [0.2, 0.25) is 0 Å². The molecule has 0 spiro atoms. The molecule has 0 fully saturated rings. The Bertz CT molecular complexity index is 630. The zero-order valence-electron chi connectivity index (χ0n) is 12.4. The summed E-state index contributed by atoms with van der Waals surface area (Å²) in [7, 11) is 0. The summed E-state index contributed by atoms with van der Waals surface area (Å²) in [5, 5.41) is 0. The molecule has 4 heteroatoms. The number of hydrogen-bond donors (Lipinski definition) is 1. The van der Waals surface area contributed by atoms with Crippen molar-refractivity contribution in [2.75, 3.05) is 13.1 Å². The molecule has 3 nitrogen and oxygen atoms in total. The molecule has 116 valence electrons. The first kappa shape index (κ1) is 16.5. The second-order valence-corrected chi connectivity index (χ2v) is 5.48. The molecule has 2 aromatic rings. The Morgan fingerprint density at radius 2 is 1.68 bits per heavy atom. The van der Waals surface area contributed by atoms with E-state index in [0.717, 1.165) is 18.5 Å². The van der Waals surface area contributed by atoms with E-state index in [0.29, 0.717) is 13.1 Å². The molecule has 1 amide bonds. The molecule has 1 aliphatic heterocycles. The van der Waals surface area contributed by atoms with Crippen LogP contribution in [0.25, 0.3) is 0 Å². The van der Waals surface area contributed by atoms with Crippen molar-refractivity contribution in [3.63, 3.8) is 0 Å². The van der Waals surface area contributed by atoms with Gasteiger partial charge in [0.25, 0.3) is 0 Å². The van der Waals surface area contributed by atoms with Crippen molar-refractivity contribution in [3.8, 4) is 0 Å². The van der Waals surface area contributed by atoms with Crippen molar-refractivity contribution < 1.29 is 4.79 Å². The van der Waals surface area contributed by atoms with Crippen LogP contribution in [0.1, 0.15) is 22.6 Å². The van der Waals surface area contributed by atoms with Crippen molar-refractivity contribution in [2.45, 2.75) is 18.9 Å². The van der Waals surface area contributed by atoms with Gasteiger partial charge in [0.05, 0.1) is 5.92 Å². The molecule has 0 aliphatic carbocycles. The second-order valence-electron chi connectivity index (χ2n) is 5.48. The molecule has 1 atom stereocenters. The number of nitrogens with zero attached hydrogens (tertiary/aromatic N) is 1. The third-order valence-electron chi connectivity index (χ3n) is 4.18. The minimum atomic E-state index is -0.239. The summed E-state index contributed by atoms with van der Waals surface area (Å²) in [5.41, 5.74) is 9.47. The van der Waals surface area contributed by atoms with Gasteiger partial charge in [0.2, 0.25) is 5.91 Å². The van der Waals surface area contributed by atoms with Crippen molar-refractivity contribution in [3.05, 3.63) is 71.3 Å². The van der Waals surface area contributed by atoms with E-state index in [1.54, 1.807) is 0 Å². The van der Waals surface area contributed by atoms with E-state index in [1.807, 2.05) is 41.3 Å². The molecule has 1 heterocycles. The molecule has 0 saturated heterocycles. The van der Waals surface area contributed by atoms with Gasteiger partial charge in [-0.15, -0.1) is 12.4 Å². The Hall–Kier alpha value is -1.84. The fraction of sp³-hybridized carbons (Fsp3) is 0.278. The molecule has 3 rings (SSSR count). The third kappa shape index (κ3) is 3.32. The van der Waals surface area contributed by atoms with E-state index in [1.165, 1.54) is 11.1 Å². The number of fused-ring (bicyclic) bond motifs is 1. The van der Waals surface area contributed by atoms with Crippen molar-refractivity contribution >= 4 is 18.3 Å².